The topological polar surface area (TPSA) is 93.6 Å². The van der Waals surface area contributed by atoms with Gasteiger partial charge in [0, 0.05) is 18.5 Å². The summed E-state index contributed by atoms with van der Waals surface area (Å²) in [5.41, 5.74) is 5.20. The highest BCUT2D eigenvalue weighted by molar-refractivity contribution is 5.75. The van der Waals surface area contributed by atoms with Crippen molar-refractivity contribution in [1.82, 2.24) is 4.90 Å². The maximum atomic E-state index is 8.76. The minimum absolute atomic E-state index is 0.00519. The molecule has 0 saturated carbocycles. The fourth-order valence-corrected chi connectivity index (χ4v) is 1.30. The summed E-state index contributed by atoms with van der Waals surface area (Å²) in [5, 5.41) is 24.6. The molecule has 0 spiro atoms. The molecule has 0 unspecified atom stereocenters. The third kappa shape index (κ3) is 1.29. The van der Waals surface area contributed by atoms with Gasteiger partial charge in [0.2, 0.25) is 0 Å². The summed E-state index contributed by atoms with van der Waals surface area (Å²) in [7, 11) is 0. The van der Waals surface area contributed by atoms with E-state index in [4.69, 9.17) is 21.4 Å². The number of guanidine groups is 1. The Morgan fingerprint density at radius 2 is 2.27 bits per heavy atom. The first-order valence-electron chi connectivity index (χ1n) is 3.51. The highest BCUT2D eigenvalue weighted by atomic mass is 16.5. The number of hydrogen-bond donors (Lipinski definition) is 4. The van der Waals surface area contributed by atoms with Crippen molar-refractivity contribution < 1.29 is 10.2 Å². The van der Waals surface area contributed by atoms with Crippen molar-refractivity contribution in [3.05, 3.63) is 0 Å². The first-order valence-corrected chi connectivity index (χ1v) is 3.51. The molecular weight excluding hydrogens is 146 g/mol. The highest BCUT2D eigenvalue weighted by Crippen LogP contribution is 2.25. The quantitative estimate of drug-likeness (QED) is 0.213. The molecule has 1 fully saturated rings. The van der Waals surface area contributed by atoms with Crippen molar-refractivity contribution in [2.24, 2.45) is 11.7 Å². The van der Waals surface area contributed by atoms with Crippen LogP contribution in [-0.2, 0) is 0 Å². The second-order valence-corrected chi connectivity index (χ2v) is 2.86. The number of nitrogens with zero attached hydrogens (tertiary/aromatic N) is 1. The summed E-state index contributed by atoms with van der Waals surface area (Å²) < 4.78 is 0. The van der Waals surface area contributed by atoms with Crippen LogP contribution in [0.5, 0.6) is 0 Å². The van der Waals surface area contributed by atoms with Crippen molar-refractivity contribution >= 4 is 5.96 Å². The molecule has 1 saturated heterocycles. The van der Waals surface area contributed by atoms with Gasteiger partial charge < -0.3 is 20.8 Å². The van der Waals surface area contributed by atoms with Gasteiger partial charge >= 0.3 is 0 Å². The Labute approximate surface area is 64.9 Å². The highest BCUT2D eigenvalue weighted by Gasteiger charge is 2.40. The predicted octanol–water partition coefficient (Wildman–Crippen LogP) is -1.49. The van der Waals surface area contributed by atoms with Crippen LogP contribution in [-0.4, -0.2) is 39.9 Å². The van der Waals surface area contributed by atoms with E-state index < -0.39 is 6.29 Å². The molecule has 5 heteroatoms. The lowest BCUT2D eigenvalue weighted by atomic mass is 9.90. The average Bonchev–Trinajstić information content (AvgIpc) is 1.82. The van der Waals surface area contributed by atoms with Gasteiger partial charge in [0.1, 0.15) is 0 Å². The number of rotatable bonds is 1. The first kappa shape index (κ1) is 8.29. The number of likely N-dealkylation sites (tertiary alicyclic amines) is 1. The SMILES string of the molecule is C[C@H]1[C@H](C(O)O)CN1C(=N)N. The third-order valence-electron chi connectivity index (χ3n) is 2.21. The minimum Gasteiger partial charge on any atom is -0.370 e. The zero-order chi connectivity index (χ0) is 8.59. The van der Waals surface area contributed by atoms with E-state index in [9.17, 15) is 0 Å². The van der Waals surface area contributed by atoms with E-state index in [0.717, 1.165) is 0 Å². The molecule has 1 aliphatic rings. The van der Waals surface area contributed by atoms with Gasteiger partial charge in [0.15, 0.2) is 12.2 Å². The Morgan fingerprint density at radius 3 is 2.55 bits per heavy atom. The van der Waals surface area contributed by atoms with Crippen LogP contribution < -0.4 is 5.73 Å². The van der Waals surface area contributed by atoms with Crippen LogP contribution in [0.25, 0.3) is 0 Å². The van der Waals surface area contributed by atoms with E-state index in [-0.39, 0.29) is 17.9 Å². The van der Waals surface area contributed by atoms with Crippen molar-refractivity contribution in [2.75, 3.05) is 6.54 Å². The van der Waals surface area contributed by atoms with Gasteiger partial charge in [-0.05, 0) is 6.92 Å². The van der Waals surface area contributed by atoms with E-state index in [1.807, 2.05) is 6.92 Å². The average molecular weight is 159 g/mol. The summed E-state index contributed by atoms with van der Waals surface area (Å²) in [6, 6.07) is -0.0347. The second kappa shape index (κ2) is 2.67. The monoisotopic (exact) mass is 159 g/mol. The Hall–Kier alpha value is -0.810. The van der Waals surface area contributed by atoms with Crippen molar-refractivity contribution in [1.29, 1.82) is 5.41 Å². The normalized spacial score (nSPS) is 30.4. The molecule has 5 N–H and O–H groups in total. The summed E-state index contributed by atoms with van der Waals surface area (Å²) in [4.78, 5) is 1.62. The van der Waals surface area contributed by atoms with Gasteiger partial charge in [-0.1, -0.05) is 0 Å². The fraction of sp³-hybridized carbons (Fsp3) is 0.833. The first-order chi connectivity index (χ1) is 5.04. The lowest BCUT2D eigenvalue weighted by molar-refractivity contribution is -0.136. The molecule has 0 radical (unpaired) electrons. The van der Waals surface area contributed by atoms with Crippen LogP contribution in [0.2, 0.25) is 0 Å². The van der Waals surface area contributed by atoms with Crippen LogP contribution >= 0.6 is 0 Å². The number of nitrogens with one attached hydrogen (secondary N) is 1. The molecule has 0 aromatic rings. The van der Waals surface area contributed by atoms with E-state index in [1.165, 1.54) is 0 Å². The molecule has 5 nitrogen and oxygen atoms in total. The predicted molar refractivity (Wildman–Crippen MR) is 39.8 cm³/mol. The van der Waals surface area contributed by atoms with Crippen LogP contribution in [0.1, 0.15) is 6.92 Å². The van der Waals surface area contributed by atoms with E-state index in [2.05, 4.69) is 0 Å². The summed E-state index contributed by atoms with van der Waals surface area (Å²) in [5.74, 6) is -0.173. The van der Waals surface area contributed by atoms with Gasteiger partial charge in [0.05, 0.1) is 0 Å². The zero-order valence-electron chi connectivity index (χ0n) is 6.36. The van der Waals surface area contributed by atoms with E-state index in [1.54, 1.807) is 4.90 Å². The molecule has 11 heavy (non-hydrogen) atoms. The molecule has 0 aromatic heterocycles. The van der Waals surface area contributed by atoms with E-state index in [0.29, 0.717) is 6.54 Å². The number of hydrogen-bond acceptors (Lipinski definition) is 3. The second-order valence-electron chi connectivity index (χ2n) is 2.86. The Bertz CT molecular complexity index is 171. The minimum atomic E-state index is -1.29. The zero-order valence-corrected chi connectivity index (χ0v) is 6.36. The smallest absolute Gasteiger partial charge is 0.188 e. The Balaban J connectivity index is 2.44. The van der Waals surface area contributed by atoms with Gasteiger partial charge in [0.25, 0.3) is 0 Å². The van der Waals surface area contributed by atoms with Crippen LogP contribution in [0.15, 0.2) is 0 Å². The van der Waals surface area contributed by atoms with Crippen molar-refractivity contribution in [3.8, 4) is 0 Å². The van der Waals surface area contributed by atoms with Crippen molar-refractivity contribution in [3.63, 3.8) is 0 Å². The molecular formula is C6H13N3O2. The summed E-state index contributed by atoms with van der Waals surface area (Å²) >= 11 is 0. The molecule has 0 amide bonds. The maximum absolute atomic E-state index is 8.76. The third-order valence-corrected chi connectivity index (χ3v) is 2.21. The molecule has 0 aromatic carbocycles. The lowest BCUT2D eigenvalue weighted by Crippen LogP contribution is -2.62. The lowest BCUT2D eigenvalue weighted by Gasteiger charge is -2.47. The van der Waals surface area contributed by atoms with Gasteiger partial charge in [-0.3, -0.25) is 5.41 Å². The molecule has 0 bridgehead atoms. The molecule has 64 valence electrons. The number of nitrogens with two attached hydrogens (primary N) is 1. The van der Waals surface area contributed by atoms with E-state index >= 15 is 0 Å². The number of aliphatic hydroxyl groups excluding tert-OH is 1. The molecule has 1 rings (SSSR count). The molecule has 1 heterocycles. The fourth-order valence-electron chi connectivity index (χ4n) is 1.30. The molecule has 2 atom stereocenters. The summed E-state index contributed by atoms with van der Waals surface area (Å²) in [6.07, 6.45) is -1.29. The largest absolute Gasteiger partial charge is 0.370 e. The number of aliphatic hydroxyl groups is 2. The molecule has 0 aliphatic carbocycles. The van der Waals surface area contributed by atoms with Gasteiger partial charge in [-0.2, -0.15) is 0 Å². The Kier molecular flexibility index (Phi) is 2.01. The van der Waals surface area contributed by atoms with Crippen molar-refractivity contribution in [2.45, 2.75) is 19.3 Å². The standard InChI is InChI=1S/C6H13N3O2/c1-3-4(5(10)11)2-9(3)6(7)8/h3-5,10-11H,2H2,1H3,(H3,7,8)/t3-,4+/m0/s1. The van der Waals surface area contributed by atoms with Crippen LogP contribution in [0, 0.1) is 11.3 Å². The van der Waals surface area contributed by atoms with Gasteiger partial charge in [-0.15, -0.1) is 0 Å². The van der Waals surface area contributed by atoms with Gasteiger partial charge in [-0.25, -0.2) is 0 Å². The molecule has 1 aliphatic heterocycles. The maximum Gasteiger partial charge on any atom is 0.188 e. The Morgan fingerprint density at radius 1 is 1.73 bits per heavy atom. The summed E-state index contributed by atoms with van der Waals surface area (Å²) in [6.45, 7) is 2.28. The van der Waals surface area contributed by atoms with Crippen LogP contribution in [0.3, 0.4) is 0 Å². The van der Waals surface area contributed by atoms with Crippen LogP contribution in [0.4, 0.5) is 0 Å².